The predicted molar refractivity (Wildman–Crippen MR) is 222 cm³/mol. The fourth-order valence-electron chi connectivity index (χ4n) is 9.34. The molecular weight excluding hydrogens is 773 g/mol. The summed E-state index contributed by atoms with van der Waals surface area (Å²) in [6.45, 7) is 16.1. The number of nitrogens with two attached hydrogens (primary N) is 1. The quantitative estimate of drug-likeness (QED) is 0.0784. The van der Waals surface area contributed by atoms with Crippen LogP contribution in [0.5, 0.6) is 0 Å². The van der Waals surface area contributed by atoms with Crippen molar-refractivity contribution in [2.24, 2.45) is 17.8 Å². The maximum absolute atomic E-state index is 14.4. The summed E-state index contributed by atoms with van der Waals surface area (Å²) in [6.07, 6.45) is -0.550. The Kier molecular flexibility index (Phi) is 15.7. The zero-order valence-electron chi connectivity index (χ0n) is 36.6. The molecule has 2 aromatic rings. The van der Waals surface area contributed by atoms with E-state index in [0.717, 1.165) is 11.3 Å². The lowest BCUT2D eigenvalue weighted by Gasteiger charge is -2.46. The number of amides is 1. The van der Waals surface area contributed by atoms with Gasteiger partial charge in [-0.15, -0.1) is 5.10 Å². The summed E-state index contributed by atoms with van der Waals surface area (Å²) < 4.78 is 33.1. The van der Waals surface area contributed by atoms with Gasteiger partial charge in [0.05, 0.1) is 42.7 Å². The number of nitrogens with one attached hydrogen (secondary N) is 2. The zero-order valence-corrected chi connectivity index (χ0v) is 36.6. The van der Waals surface area contributed by atoms with Crippen LogP contribution in [0.3, 0.4) is 0 Å². The van der Waals surface area contributed by atoms with Crippen LogP contribution in [0, 0.1) is 29.1 Å². The van der Waals surface area contributed by atoms with Crippen LogP contribution in [0.15, 0.2) is 30.5 Å². The van der Waals surface area contributed by atoms with Gasteiger partial charge in [-0.2, -0.15) is 5.26 Å². The number of nitrogens with zero attached hydrogens (tertiary/aromatic N) is 5. The summed E-state index contributed by atoms with van der Waals surface area (Å²) in [7, 11) is 1.55. The van der Waals surface area contributed by atoms with Gasteiger partial charge >= 0.3 is 12.1 Å². The van der Waals surface area contributed by atoms with Gasteiger partial charge in [-0.1, -0.05) is 38.1 Å². The Morgan fingerprint density at radius 2 is 1.87 bits per heavy atom. The highest BCUT2D eigenvalue weighted by molar-refractivity contribution is 6.00. The van der Waals surface area contributed by atoms with E-state index in [9.17, 15) is 24.8 Å². The number of fused-ring (bicyclic) bond motifs is 1. The molecule has 1 aromatic heterocycles. The van der Waals surface area contributed by atoms with E-state index >= 15 is 0 Å². The van der Waals surface area contributed by atoms with Crippen LogP contribution in [0.1, 0.15) is 87.5 Å². The number of aliphatic hydroxyl groups excluding tert-OH is 1. The number of methoxy groups -OCH3 is 1. The monoisotopic (exact) mass is 838 g/mol. The number of aliphatic hydroxyl groups is 1. The van der Waals surface area contributed by atoms with Crippen LogP contribution in [-0.2, 0) is 39.8 Å². The zero-order chi connectivity index (χ0) is 43.9. The standard InChI is InChI=1S/C43H66N8O9/c1-10-34-43(8)37(51(41(55)60-43)19-12-11-18-50-24-33(48-49-50)30-14-13-15-31(45)21-30)29(6)47-23-25(2)22-42(7,56-9)38(27(4)35(52)28(5)39(54)58-34)59-40-36(53)32(46-17-16-44)20-26(3)57-40/h13-15,21,24-29,32,34,36-38,40,46-47,53H,10-12,17-20,22-23,45H2,1-9H3/t25-,26-,27+,28-,29-,32?,34-,36?,37-,38-,40+,42-,43-/m1/s1. The van der Waals surface area contributed by atoms with E-state index in [2.05, 4.69) is 27.9 Å². The van der Waals surface area contributed by atoms with Crippen molar-refractivity contribution in [2.75, 3.05) is 32.5 Å². The summed E-state index contributed by atoms with van der Waals surface area (Å²) in [6, 6.07) is 8.18. The van der Waals surface area contributed by atoms with Crippen molar-refractivity contribution in [2.45, 2.75) is 154 Å². The molecule has 0 aliphatic carbocycles. The van der Waals surface area contributed by atoms with E-state index < -0.39 is 77.6 Å². The van der Waals surface area contributed by atoms with Crippen LogP contribution in [0.4, 0.5) is 10.5 Å². The van der Waals surface area contributed by atoms with Crippen molar-refractivity contribution in [3.63, 3.8) is 0 Å². The molecule has 3 saturated heterocycles. The Bertz CT molecular complexity index is 1820. The molecule has 3 fully saturated rings. The number of unbranched alkanes of at least 4 members (excludes halogenated alkanes) is 1. The average molecular weight is 839 g/mol. The molecule has 13 atom stereocenters. The van der Waals surface area contributed by atoms with Crippen molar-refractivity contribution in [3.05, 3.63) is 30.5 Å². The molecule has 0 bridgehead atoms. The fourth-order valence-corrected chi connectivity index (χ4v) is 9.34. The summed E-state index contributed by atoms with van der Waals surface area (Å²) in [5.41, 5.74) is 5.85. The topological polar surface area (TPSA) is 225 Å². The van der Waals surface area contributed by atoms with E-state index in [1.54, 1.807) is 30.5 Å². The first-order chi connectivity index (χ1) is 28.5. The molecule has 332 valence electrons. The molecule has 2 unspecified atom stereocenters. The van der Waals surface area contributed by atoms with Crippen LogP contribution < -0.4 is 16.4 Å². The Hall–Kier alpha value is -4.18. The number of nitriles is 1. The van der Waals surface area contributed by atoms with Crippen molar-refractivity contribution in [1.82, 2.24) is 30.5 Å². The summed E-state index contributed by atoms with van der Waals surface area (Å²) in [5.74, 6) is -3.36. The highest BCUT2D eigenvalue weighted by Crippen LogP contribution is 2.40. The van der Waals surface area contributed by atoms with Gasteiger partial charge in [-0.3, -0.25) is 24.5 Å². The smallest absolute Gasteiger partial charge is 0.410 e. The van der Waals surface area contributed by atoms with Gasteiger partial charge < -0.3 is 39.8 Å². The Morgan fingerprint density at radius 1 is 1.13 bits per heavy atom. The van der Waals surface area contributed by atoms with Gasteiger partial charge in [-0.25, -0.2) is 4.79 Å². The van der Waals surface area contributed by atoms with E-state index in [1.807, 2.05) is 64.2 Å². The lowest BCUT2D eigenvalue weighted by atomic mass is 9.78. The van der Waals surface area contributed by atoms with Crippen LogP contribution in [-0.4, -0.2) is 130 Å². The lowest BCUT2D eigenvalue weighted by molar-refractivity contribution is -0.290. The number of hydrogen-bond donors (Lipinski definition) is 4. The molecule has 3 aliphatic heterocycles. The van der Waals surface area contributed by atoms with Gasteiger partial charge in [0.25, 0.3) is 0 Å². The number of ether oxygens (including phenoxy) is 5. The van der Waals surface area contributed by atoms with Gasteiger partial charge in [-0.05, 0) is 91.3 Å². The number of anilines is 1. The number of cyclic esters (lactones) is 1. The molecule has 5 rings (SSSR count). The molecule has 3 aliphatic rings. The SMILES string of the molecule is CC[C@H]1OC(=O)[C@H](C)C(=O)[C@H](C)[C@@H](O[C@@H]2O[C@H](C)CC(NCC#N)C2O)[C@](C)(OC)C[C@@H](C)CN[C@H](C)[C@H]2N(CCCCn3cc(-c4cccc(N)c4)nn3)C(=O)O[C@]12C. The summed E-state index contributed by atoms with van der Waals surface area (Å²) in [5, 5.41) is 35.9. The highest BCUT2D eigenvalue weighted by Gasteiger charge is 2.58. The molecular formula is C43H66N8O9. The van der Waals surface area contributed by atoms with Crippen molar-refractivity contribution in [3.8, 4) is 17.3 Å². The minimum Gasteiger partial charge on any atom is -0.458 e. The van der Waals surface area contributed by atoms with Crippen molar-refractivity contribution in [1.29, 1.82) is 5.26 Å². The minimum absolute atomic E-state index is 0.0323. The molecule has 17 heteroatoms. The molecule has 0 radical (unpaired) electrons. The Labute approximate surface area is 353 Å². The van der Waals surface area contributed by atoms with Crippen LogP contribution in [0.2, 0.25) is 0 Å². The number of aryl methyl sites for hydroxylation is 1. The third kappa shape index (κ3) is 10.5. The van der Waals surface area contributed by atoms with E-state index in [0.29, 0.717) is 57.4 Å². The van der Waals surface area contributed by atoms with Crippen LogP contribution >= 0.6 is 0 Å². The summed E-state index contributed by atoms with van der Waals surface area (Å²) in [4.78, 5) is 43.9. The maximum atomic E-state index is 14.4. The number of rotatable bonds is 12. The maximum Gasteiger partial charge on any atom is 0.410 e. The second-order valence-electron chi connectivity index (χ2n) is 17.4. The number of carbonyl (C=O) groups excluding carboxylic acids is 3. The number of aromatic nitrogens is 3. The first-order valence-electron chi connectivity index (χ1n) is 21.3. The van der Waals surface area contributed by atoms with Gasteiger partial charge in [0.1, 0.15) is 23.8 Å². The average Bonchev–Trinajstić information content (AvgIpc) is 3.80. The number of hydrogen-bond acceptors (Lipinski definition) is 15. The van der Waals surface area contributed by atoms with Gasteiger partial charge in [0, 0.05) is 49.5 Å². The first kappa shape index (κ1) is 46.9. The Balaban J connectivity index is 1.37. The largest absolute Gasteiger partial charge is 0.458 e. The van der Waals surface area contributed by atoms with Crippen molar-refractivity contribution < 1.29 is 43.2 Å². The molecule has 60 heavy (non-hydrogen) atoms. The van der Waals surface area contributed by atoms with Gasteiger partial charge in [0.15, 0.2) is 17.7 Å². The third-order valence-corrected chi connectivity index (χ3v) is 12.6. The number of Topliss-reactive ketones (excluding diaryl/α,β-unsaturated/α-hetero) is 1. The number of esters is 1. The lowest BCUT2D eigenvalue weighted by Crippen LogP contribution is -2.61. The first-order valence-corrected chi connectivity index (χ1v) is 21.3. The minimum atomic E-state index is -1.25. The molecule has 0 saturated carbocycles. The number of carbonyl (C=O) groups is 3. The predicted octanol–water partition coefficient (Wildman–Crippen LogP) is 3.84. The third-order valence-electron chi connectivity index (χ3n) is 12.6. The second-order valence-corrected chi connectivity index (χ2v) is 17.4. The molecule has 17 nitrogen and oxygen atoms in total. The van der Waals surface area contributed by atoms with Crippen LogP contribution in [0.25, 0.3) is 11.3 Å². The molecule has 0 spiro atoms. The van der Waals surface area contributed by atoms with E-state index in [1.165, 1.54) is 6.92 Å². The summed E-state index contributed by atoms with van der Waals surface area (Å²) >= 11 is 0. The van der Waals surface area contributed by atoms with E-state index in [-0.39, 0.29) is 24.6 Å². The van der Waals surface area contributed by atoms with Crippen molar-refractivity contribution >= 4 is 23.5 Å². The number of ketones is 1. The second kappa shape index (κ2) is 20.1. The highest BCUT2D eigenvalue weighted by atomic mass is 16.7. The van der Waals surface area contributed by atoms with Gasteiger partial charge in [0.2, 0.25) is 0 Å². The Morgan fingerprint density at radius 3 is 2.55 bits per heavy atom. The molecule has 1 aromatic carbocycles. The fraction of sp³-hybridized carbons (Fsp3) is 0.721. The molecule has 1 amide bonds. The normalized spacial score (nSPS) is 35.8. The number of benzene rings is 1. The van der Waals surface area contributed by atoms with E-state index in [4.69, 9.17) is 29.4 Å². The number of nitrogen functional groups attached to an aromatic ring is 1. The molecule has 5 N–H and O–H groups in total. The molecule has 4 heterocycles.